The summed E-state index contributed by atoms with van der Waals surface area (Å²) in [5.41, 5.74) is 4.43. The van der Waals surface area contributed by atoms with Crippen LogP contribution < -0.4 is 10.2 Å². The molecule has 2 aliphatic rings. The van der Waals surface area contributed by atoms with E-state index in [1.54, 1.807) is 0 Å². The second kappa shape index (κ2) is 9.28. The van der Waals surface area contributed by atoms with Crippen molar-refractivity contribution in [3.63, 3.8) is 0 Å². The fraction of sp³-hybridized carbons (Fsp3) is 0.480. The molecule has 0 radical (unpaired) electrons. The topological polar surface area (TPSA) is 66.3 Å². The van der Waals surface area contributed by atoms with Gasteiger partial charge in [0.1, 0.15) is 11.3 Å². The number of nitrogens with one attached hydrogen (secondary N) is 1. The normalized spacial score (nSPS) is 17.2. The highest BCUT2D eigenvalue weighted by atomic mass is 16.1. The van der Waals surface area contributed by atoms with Crippen LogP contribution in [-0.2, 0) is 13.0 Å². The zero-order valence-electron chi connectivity index (χ0n) is 18.9. The number of carbonyl (C=O) groups excluding carboxylic acids is 1. The van der Waals surface area contributed by atoms with E-state index >= 15 is 0 Å². The van der Waals surface area contributed by atoms with Crippen LogP contribution in [-0.4, -0.2) is 64.6 Å². The maximum atomic E-state index is 13.1. The van der Waals surface area contributed by atoms with Gasteiger partial charge >= 0.3 is 0 Å². The molecule has 1 saturated heterocycles. The number of hydrogen-bond donors (Lipinski definition) is 1. The molecule has 7 nitrogen and oxygen atoms in total. The lowest BCUT2D eigenvalue weighted by atomic mass is 10.2. The van der Waals surface area contributed by atoms with Gasteiger partial charge in [-0.15, -0.1) is 0 Å². The SMILES string of the molecule is Cc1cc(C(=O)NCCN2CCN(c3ccccc3)CC2)c2nc3n(c2n1)CCCCC3. The Kier molecular flexibility index (Phi) is 6.08. The Labute approximate surface area is 189 Å². The molecule has 0 atom stereocenters. The second-order valence-corrected chi connectivity index (χ2v) is 8.89. The molecule has 7 heteroatoms. The summed E-state index contributed by atoms with van der Waals surface area (Å²) in [5, 5.41) is 3.13. The summed E-state index contributed by atoms with van der Waals surface area (Å²) in [6.07, 6.45) is 4.49. The van der Waals surface area contributed by atoms with Crippen molar-refractivity contribution in [1.29, 1.82) is 0 Å². The molecule has 168 valence electrons. The maximum absolute atomic E-state index is 13.1. The van der Waals surface area contributed by atoms with Gasteiger partial charge < -0.3 is 14.8 Å². The Morgan fingerprint density at radius 2 is 1.81 bits per heavy atom. The monoisotopic (exact) mass is 432 g/mol. The molecule has 5 rings (SSSR count). The zero-order chi connectivity index (χ0) is 21.9. The van der Waals surface area contributed by atoms with E-state index in [1.165, 1.54) is 12.1 Å². The first kappa shape index (κ1) is 20.9. The van der Waals surface area contributed by atoms with Gasteiger partial charge in [-0.2, -0.15) is 0 Å². The quantitative estimate of drug-likeness (QED) is 0.671. The smallest absolute Gasteiger partial charge is 0.253 e. The number of carbonyl (C=O) groups is 1. The minimum Gasteiger partial charge on any atom is -0.369 e. The lowest BCUT2D eigenvalue weighted by Crippen LogP contribution is -2.48. The largest absolute Gasteiger partial charge is 0.369 e. The Morgan fingerprint density at radius 3 is 2.62 bits per heavy atom. The number of aryl methyl sites for hydroxylation is 3. The Balaban J connectivity index is 1.20. The first-order valence-corrected chi connectivity index (χ1v) is 11.9. The third-order valence-electron chi connectivity index (χ3n) is 6.64. The Bertz CT molecular complexity index is 1080. The lowest BCUT2D eigenvalue weighted by Gasteiger charge is -2.36. The highest BCUT2D eigenvalue weighted by Crippen LogP contribution is 2.24. The molecule has 0 spiro atoms. The van der Waals surface area contributed by atoms with Crippen LogP contribution in [0, 0.1) is 6.92 Å². The number of pyridine rings is 1. The van der Waals surface area contributed by atoms with Crippen LogP contribution in [0.4, 0.5) is 5.69 Å². The van der Waals surface area contributed by atoms with Crippen molar-refractivity contribution < 1.29 is 4.79 Å². The van der Waals surface area contributed by atoms with E-state index in [-0.39, 0.29) is 5.91 Å². The van der Waals surface area contributed by atoms with E-state index in [0.717, 1.165) is 81.2 Å². The molecule has 1 N–H and O–H groups in total. The van der Waals surface area contributed by atoms with Crippen LogP contribution >= 0.6 is 0 Å². The second-order valence-electron chi connectivity index (χ2n) is 8.89. The molecule has 1 aromatic carbocycles. The fourth-order valence-corrected chi connectivity index (χ4v) is 4.88. The first-order chi connectivity index (χ1) is 15.7. The molecular formula is C25H32N6O. The molecule has 2 aromatic heterocycles. The van der Waals surface area contributed by atoms with Gasteiger partial charge in [0.2, 0.25) is 0 Å². The minimum atomic E-state index is -0.0447. The van der Waals surface area contributed by atoms with Crippen LogP contribution in [0.15, 0.2) is 36.4 Å². The van der Waals surface area contributed by atoms with Gasteiger partial charge in [-0.3, -0.25) is 9.69 Å². The molecule has 0 aliphatic carbocycles. The summed E-state index contributed by atoms with van der Waals surface area (Å²) in [6, 6.07) is 12.5. The van der Waals surface area contributed by atoms with Crippen LogP contribution in [0.3, 0.4) is 0 Å². The van der Waals surface area contributed by atoms with Gasteiger partial charge in [0, 0.05) is 63.6 Å². The number of nitrogens with zero attached hydrogens (tertiary/aromatic N) is 5. The van der Waals surface area contributed by atoms with Crippen molar-refractivity contribution in [2.24, 2.45) is 0 Å². The Hall–Kier alpha value is -2.93. The van der Waals surface area contributed by atoms with E-state index < -0.39 is 0 Å². The number of aromatic nitrogens is 3. The molecule has 4 heterocycles. The minimum absolute atomic E-state index is 0.0447. The number of rotatable bonds is 5. The first-order valence-electron chi connectivity index (χ1n) is 11.9. The van der Waals surface area contributed by atoms with Crippen molar-refractivity contribution in [3.05, 3.63) is 53.5 Å². The molecule has 0 bridgehead atoms. The maximum Gasteiger partial charge on any atom is 0.253 e. The number of fused-ring (bicyclic) bond motifs is 3. The standard InChI is InChI=1S/C25H32N6O/c1-19-18-21(23-24(27-19)31-12-7-3-6-10-22(31)28-23)25(32)26-11-13-29-14-16-30(17-15-29)20-8-4-2-5-9-20/h2,4-5,8-9,18H,3,6-7,10-17H2,1H3,(H,26,32). The predicted molar refractivity (Wildman–Crippen MR) is 127 cm³/mol. The molecule has 0 saturated carbocycles. The highest BCUT2D eigenvalue weighted by Gasteiger charge is 2.21. The zero-order valence-corrected chi connectivity index (χ0v) is 18.9. The molecule has 0 unspecified atom stereocenters. The van der Waals surface area contributed by atoms with E-state index in [9.17, 15) is 4.79 Å². The molecular weight excluding hydrogens is 400 g/mol. The van der Waals surface area contributed by atoms with Gasteiger partial charge in [-0.1, -0.05) is 24.6 Å². The highest BCUT2D eigenvalue weighted by molar-refractivity contribution is 6.04. The van der Waals surface area contributed by atoms with Gasteiger partial charge in [-0.25, -0.2) is 9.97 Å². The van der Waals surface area contributed by atoms with Gasteiger partial charge in [0.25, 0.3) is 5.91 Å². The Morgan fingerprint density at radius 1 is 1.00 bits per heavy atom. The van der Waals surface area contributed by atoms with Crippen LogP contribution in [0.5, 0.6) is 0 Å². The van der Waals surface area contributed by atoms with E-state index in [4.69, 9.17) is 9.97 Å². The predicted octanol–water partition coefficient (Wildman–Crippen LogP) is 3.02. The third-order valence-corrected chi connectivity index (χ3v) is 6.64. The van der Waals surface area contributed by atoms with Crippen LogP contribution in [0.25, 0.3) is 11.2 Å². The molecule has 1 amide bonds. The van der Waals surface area contributed by atoms with E-state index in [1.807, 2.05) is 13.0 Å². The third kappa shape index (κ3) is 4.35. The van der Waals surface area contributed by atoms with Crippen molar-refractivity contribution in [1.82, 2.24) is 24.8 Å². The average molecular weight is 433 g/mol. The van der Waals surface area contributed by atoms with Gasteiger partial charge in [0.05, 0.1) is 5.56 Å². The number of hydrogen-bond acceptors (Lipinski definition) is 5. The van der Waals surface area contributed by atoms with Crippen molar-refractivity contribution >= 4 is 22.8 Å². The average Bonchev–Trinajstić information content (AvgIpc) is 3.00. The lowest BCUT2D eigenvalue weighted by molar-refractivity contribution is 0.0949. The fourth-order valence-electron chi connectivity index (χ4n) is 4.88. The number of benzene rings is 1. The van der Waals surface area contributed by atoms with Crippen LogP contribution in [0.1, 0.15) is 41.1 Å². The number of anilines is 1. The van der Waals surface area contributed by atoms with Crippen molar-refractivity contribution in [2.75, 3.05) is 44.2 Å². The molecule has 32 heavy (non-hydrogen) atoms. The number of piperazine rings is 1. The number of amides is 1. The number of imidazole rings is 1. The summed E-state index contributed by atoms with van der Waals surface area (Å²) in [5.74, 6) is 1.03. The van der Waals surface area contributed by atoms with Crippen molar-refractivity contribution in [2.45, 2.75) is 39.2 Å². The number of para-hydroxylation sites is 1. The summed E-state index contributed by atoms with van der Waals surface area (Å²) >= 11 is 0. The summed E-state index contributed by atoms with van der Waals surface area (Å²) in [4.78, 5) is 27.5. The van der Waals surface area contributed by atoms with Crippen LogP contribution in [0.2, 0.25) is 0 Å². The molecule has 3 aromatic rings. The summed E-state index contributed by atoms with van der Waals surface area (Å²) in [6.45, 7) is 8.46. The molecule has 2 aliphatic heterocycles. The summed E-state index contributed by atoms with van der Waals surface area (Å²) < 4.78 is 2.22. The van der Waals surface area contributed by atoms with Gasteiger partial charge in [-0.05, 0) is 38.0 Å². The van der Waals surface area contributed by atoms with E-state index in [0.29, 0.717) is 12.1 Å². The van der Waals surface area contributed by atoms with E-state index in [2.05, 4.69) is 50.0 Å². The van der Waals surface area contributed by atoms with Gasteiger partial charge in [0.15, 0.2) is 5.65 Å². The summed E-state index contributed by atoms with van der Waals surface area (Å²) in [7, 11) is 0. The van der Waals surface area contributed by atoms with Crippen molar-refractivity contribution in [3.8, 4) is 0 Å². The molecule has 1 fully saturated rings.